The number of rotatable bonds is 4. The van der Waals surface area contributed by atoms with E-state index in [1.807, 2.05) is 84.9 Å². The Morgan fingerprint density at radius 1 is 0.400 bits per heavy atom. The van der Waals surface area contributed by atoms with Crippen LogP contribution in [0.1, 0.15) is 0 Å². The Morgan fingerprint density at radius 3 is 1.78 bits per heavy atom. The summed E-state index contributed by atoms with van der Waals surface area (Å²) in [5.74, 6) is 1.67. The Balaban J connectivity index is 1.26. The van der Waals surface area contributed by atoms with E-state index in [1.165, 1.54) is 0 Å². The lowest BCUT2D eigenvalue weighted by Crippen LogP contribution is -2.00. The van der Waals surface area contributed by atoms with Crippen molar-refractivity contribution in [2.45, 2.75) is 0 Å². The molecular weight excluding hydrogens is 622 g/mol. The summed E-state index contributed by atoms with van der Waals surface area (Å²) in [6.45, 7) is 0. The van der Waals surface area contributed by atoms with Crippen LogP contribution in [0.5, 0.6) is 0 Å². The zero-order chi connectivity index (χ0) is 29.9. The fourth-order valence-electron chi connectivity index (χ4n) is 6.02. The Kier molecular flexibility index (Phi) is 5.89. The van der Waals surface area contributed by atoms with Gasteiger partial charge in [0, 0.05) is 37.1 Å². The highest BCUT2D eigenvalue weighted by Crippen LogP contribution is 2.37. The second-order valence-electron chi connectivity index (χ2n) is 11.0. The molecule has 0 unspecified atom stereocenters. The number of furan rings is 2. The second kappa shape index (κ2) is 10.3. The quantitative estimate of drug-likeness (QED) is 0.191. The third kappa shape index (κ3) is 4.41. The van der Waals surface area contributed by atoms with Gasteiger partial charge in [0.1, 0.15) is 22.3 Å². The summed E-state index contributed by atoms with van der Waals surface area (Å²) in [4.78, 5) is 15.1. The molecule has 9 aromatic rings. The number of fused-ring (bicyclic) bond motifs is 6. The lowest BCUT2D eigenvalue weighted by Gasteiger charge is -2.10. The van der Waals surface area contributed by atoms with Gasteiger partial charge in [-0.05, 0) is 59.7 Å². The van der Waals surface area contributed by atoms with Gasteiger partial charge >= 0.3 is 0 Å². The van der Waals surface area contributed by atoms with Crippen LogP contribution >= 0.6 is 15.9 Å². The highest BCUT2D eigenvalue weighted by atomic mass is 79.9. The summed E-state index contributed by atoms with van der Waals surface area (Å²) in [6, 6.07) is 45.0. The van der Waals surface area contributed by atoms with Crippen molar-refractivity contribution in [1.82, 2.24) is 15.0 Å². The van der Waals surface area contributed by atoms with Gasteiger partial charge in [0.2, 0.25) is 0 Å². The number of para-hydroxylation sites is 3. The van der Waals surface area contributed by atoms with E-state index in [0.717, 1.165) is 76.2 Å². The predicted octanol–water partition coefficient (Wildman–Crippen LogP) is 11.1. The van der Waals surface area contributed by atoms with Crippen molar-refractivity contribution in [2.75, 3.05) is 0 Å². The fraction of sp³-hybridized carbons (Fsp3) is 0. The van der Waals surface area contributed by atoms with Crippen LogP contribution < -0.4 is 0 Å². The van der Waals surface area contributed by atoms with Gasteiger partial charge < -0.3 is 8.83 Å². The molecule has 0 atom stereocenters. The van der Waals surface area contributed by atoms with E-state index < -0.39 is 0 Å². The van der Waals surface area contributed by atoms with E-state index in [1.54, 1.807) is 0 Å². The van der Waals surface area contributed by atoms with Crippen LogP contribution in [0, 0.1) is 0 Å². The minimum atomic E-state index is 0.540. The summed E-state index contributed by atoms with van der Waals surface area (Å²) in [6.07, 6.45) is 0. The summed E-state index contributed by atoms with van der Waals surface area (Å²) < 4.78 is 13.6. The maximum atomic E-state index is 6.39. The molecule has 6 heteroatoms. The van der Waals surface area contributed by atoms with Gasteiger partial charge in [0.05, 0.1) is 5.56 Å². The molecule has 6 aromatic carbocycles. The highest BCUT2D eigenvalue weighted by Gasteiger charge is 2.18. The SMILES string of the molecule is Brc1ccc(-c2cccc(-c3nc(-c4ccc5c(c4)oc4ccccc45)nc(-c4cccc5c4oc4ccccc45)n3)c2)cc1. The molecule has 0 saturated carbocycles. The maximum absolute atomic E-state index is 6.39. The van der Waals surface area contributed by atoms with Crippen LogP contribution in [-0.4, -0.2) is 15.0 Å². The molecule has 0 aliphatic carbocycles. The topological polar surface area (TPSA) is 65.0 Å². The van der Waals surface area contributed by atoms with Gasteiger partial charge in [0.25, 0.3) is 0 Å². The molecule has 0 aliphatic heterocycles. The average Bonchev–Trinajstić information content (AvgIpc) is 3.66. The molecule has 0 radical (unpaired) electrons. The largest absolute Gasteiger partial charge is 0.456 e. The molecule has 0 amide bonds. The summed E-state index contributed by atoms with van der Waals surface area (Å²) in [7, 11) is 0. The number of aromatic nitrogens is 3. The first-order valence-electron chi connectivity index (χ1n) is 14.6. The Hall–Kier alpha value is -5.59. The Morgan fingerprint density at radius 2 is 0.978 bits per heavy atom. The van der Waals surface area contributed by atoms with Crippen LogP contribution in [0.4, 0.5) is 0 Å². The molecule has 5 nitrogen and oxygen atoms in total. The van der Waals surface area contributed by atoms with E-state index in [-0.39, 0.29) is 0 Å². The van der Waals surface area contributed by atoms with Gasteiger partial charge in [-0.15, -0.1) is 0 Å². The smallest absolute Gasteiger partial charge is 0.167 e. The predicted molar refractivity (Wildman–Crippen MR) is 184 cm³/mol. The third-order valence-corrected chi connectivity index (χ3v) is 8.74. The van der Waals surface area contributed by atoms with Crippen LogP contribution in [0.25, 0.3) is 89.2 Å². The first-order valence-corrected chi connectivity index (χ1v) is 15.4. The monoisotopic (exact) mass is 643 g/mol. The van der Waals surface area contributed by atoms with E-state index in [0.29, 0.717) is 17.5 Å². The van der Waals surface area contributed by atoms with Crippen molar-refractivity contribution in [3.8, 4) is 45.3 Å². The number of hydrogen-bond acceptors (Lipinski definition) is 5. The summed E-state index contributed by atoms with van der Waals surface area (Å²) in [5.41, 5.74) is 7.93. The molecule has 0 fully saturated rings. The maximum Gasteiger partial charge on any atom is 0.167 e. The van der Waals surface area contributed by atoms with Gasteiger partial charge in [-0.3, -0.25) is 0 Å². The molecule has 0 saturated heterocycles. The molecule has 0 N–H and O–H groups in total. The number of hydrogen-bond donors (Lipinski definition) is 0. The normalized spacial score (nSPS) is 11.7. The van der Waals surface area contributed by atoms with E-state index in [2.05, 4.69) is 64.5 Å². The van der Waals surface area contributed by atoms with Gasteiger partial charge in [-0.25, -0.2) is 15.0 Å². The van der Waals surface area contributed by atoms with Crippen LogP contribution in [0.15, 0.2) is 147 Å². The third-order valence-electron chi connectivity index (χ3n) is 8.22. The molecule has 0 aliphatic rings. The molecule has 212 valence electrons. The fourth-order valence-corrected chi connectivity index (χ4v) is 6.29. The second-order valence-corrected chi connectivity index (χ2v) is 11.9. The van der Waals surface area contributed by atoms with Gasteiger partial charge in [-0.2, -0.15) is 0 Å². The van der Waals surface area contributed by atoms with Gasteiger partial charge in [-0.1, -0.05) is 101 Å². The molecule has 9 rings (SSSR count). The first-order chi connectivity index (χ1) is 22.2. The zero-order valence-electron chi connectivity index (χ0n) is 23.7. The summed E-state index contributed by atoms with van der Waals surface area (Å²) >= 11 is 3.54. The van der Waals surface area contributed by atoms with E-state index in [9.17, 15) is 0 Å². The lowest BCUT2D eigenvalue weighted by atomic mass is 10.0. The van der Waals surface area contributed by atoms with E-state index >= 15 is 0 Å². The van der Waals surface area contributed by atoms with E-state index in [4.69, 9.17) is 23.8 Å². The Labute approximate surface area is 266 Å². The van der Waals surface area contributed by atoms with Crippen molar-refractivity contribution in [2.24, 2.45) is 0 Å². The van der Waals surface area contributed by atoms with Crippen molar-refractivity contribution in [3.63, 3.8) is 0 Å². The minimum absolute atomic E-state index is 0.540. The first kappa shape index (κ1) is 25.9. The standard InChI is InChI=1S/C39H22BrN3O2/c40-27-18-15-23(16-19-27)24-7-5-8-25(21-24)37-41-38(26-17-20-30-28-9-1-3-13-33(28)44-35(30)22-26)43-39(42-37)32-12-6-11-31-29-10-2-4-14-34(29)45-36(31)32/h1-22H. The van der Waals surface area contributed by atoms with Crippen LogP contribution in [0.3, 0.4) is 0 Å². The minimum Gasteiger partial charge on any atom is -0.456 e. The van der Waals surface area contributed by atoms with Crippen molar-refractivity contribution in [1.29, 1.82) is 0 Å². The van der Waals surface area contributed by atoms with Crippen LogP contribution in [0.2, 0.25) is 0 Å². The molecule has 3 heterocycles. The molecular formula is C39H22BrN3O2. The molecule has 45 heavy (non-hydrogen) atoms. The average molecular weight is 645 g/mol. The highest BCUT2D eigenvalue weighted by molar-refractivity contribution is 9.10. The van der Waals surface area contributed by atoms with Crippen molar-refractivity contribution >= 4 is 59.8 Å². The molecule has 3 aromatic heterocycles. The molecule has 0 bridgehead atoms. The van der Waals surface area contributed by atoms with Crippen molar-refractivity contribution < 1.29 is 8.83 Å². The number of nitrogens with zero attached hydrogens (tertiary/aromatic N) is 3. The van der Waals surface area contributed by atoms with Crippen LogP contribution in [-0.2, 0) is 0 Å². The van der Waals surface area contributed by atoms with Gasteiger partial charge in [0.15, 0.2) is 17.5 Å². The lowest BCUT2D eigenvalue weighted by molar-refractivity contribution is 0.668. The van der Waals surface area contributed by atoms with Crippen molar-refractivity contribution in [3.05, 3.63) is 138 Å². The summed E-state index contributed by atoms with van der Waals surface area (Å²) in [5, 5.41) is 4.21. The zero-order valence-corrected chi connectivity index (χ0v) is 25.3. The molecule has 0 spiro atoms. The number of benzene rings is 6. The Bertz CT molecular complexity index is 2570. The number of halogens is 1.